The summed E-state index contributed by atoms with van der Waals surface area (Å²) < 4.78 is 0. The first-order valence-corrected chi connectivity index (χ1v) is 10.7. The Morgan fingerprint density at radius 3 is 2.19 bits per heavy atom. The van der Waals surface area contributed by atoms with Gasteiger partial charge in [0, 0.05) is 20.6 Å². The van der Waals surface area contributed by atoms with Crippen LogP contribution >= 0.6 is 11.6 Å². The van der Waals surface area contributed by atoms with Crippen molar-refractivity contribution in [2.24, 2.45) is 0 Å². The number of hydrogen-bond acceptors (Lipinski definition) is 4. The van der Waals surface area contributed by atoms with E-state index in [1.54, 1.807) is 31.3 Å². The van der Waals surface area contributed by atoms with Gasteiger partial charge in [-0.25, -0.2) is 0 Å². The summed E-state index contributed by atoms with van der Waals surface area (Å²) in [5.74, 6) is -0.503. The maximum absolute atomic E-state index is 12.6. The van der Waals surface area contributed by atoms with Gasteiger partial charge in [-0.2, -0.15) is 0 Å². The van der Waals surface area contributed by atoms with E-state index < -0.39 is 0 Å². The normalized spacial score (nSPS) is 10.3. The standard InChI is InChI=1S/C25H27ClN4O2/c1-29(17-19-10-4-3-5-11-19)23-15-9-8-14-22(23)27-16-25(32)30(2)18-24(31)28-21-13-7-6-12-20(21)26/h3-15,27H,16-18H2,1-2H3,(H,28,31). The highest BCUT2D eigenvalue weighted by molar-refractivity contribution is 6.33. The molecule has 2 amide bonds. The van der Waals surface area contributed by atoms with E-state index >= 15 is 0 Å². The van der Waals surface area contributed by atoms with Gasteiger partial charge in [0.2, 0.25) is 11.8 Å². The number of carbonyl (C=O) groups excluding carboxylic acids is 2. The topological polar surface area (TPSA) is 64.7 Å². The monoisotopic (exact) mass is 450 g/mol. The number of nitrogens with one attached hydrogen (secondary N) is 2. The summed E-state index contributed by atoms with van der Waals surface area (Å²) in [6.45, 7) is 0.753. The minimum Gasteiger partial charge on any atom is -0.374 e. The quantitative estimate of drug-likeness (QED) is 0.504. The fraction of sp³-hybridized carbons (Fsp3) is 0.200. The first-order chi connectivity index (χ1) is 15.4. The minimum absolute atomic E-state index is 0.0682. The Hall–Kier alpha value is -3.51. The molecule has 6 nitrogen and oxygen atoms in total. The lowest BCUT2D eigenvalue weighted by Gasteiger charge is -2.24. The average molecular weight is 451 g/mol. The van der Waals surface area contributed by atoms with Crippen LogP contribution in [-0.4, -0.2) is 43.9 Å². The second-order valence-electron chi connectivity index (χ2n) is 7.49. The molecule has 0 bridgehead atoms. The summed E-state index contributed by atoms with van der Waals surface area (Å²) in [4.78, 5) is 28.4. The lowest BCUT2D eigenvalue weighted by atomic mass is 10.2. The molecule has 0 heterocycles. The number of anilines is 3. The molecular formula is C25H27ClN4O2. The van der Waals surface area contributed by atoms with E-state index in [9.17, 15) is 9.59 Å². The van der Waals surface area contributed by atoms with E-state index in [0.717, 1.165) is 17.9 Å². The Balaban J connectivity index is 1.55. The van der Waals surface area contributed by atoms with Crippen LogP contribution in [0.3, 0.4) is 0 Å². The molecule has 3 aromatic rings. The van der Waals surface area contributed by atoms with E-state index in [4.69, 9.17) is 11.6 Å². The van der Waals surface area contributed by atoms with E-state index in [2.05, 4.69) is 27.7 Å². The number of likely N-dealkylation sites (N-methyl/N-ethyl adjacent to an activating group) is 1. The van der Waals surface area contributed by atoms with Crippen LogP contribution in [-0.2, 0) is 16.1 Å². The molecule has 7 heteroatoms. The Kier molecular flexibility index (Phi) is 8.11. The van der Waals surface area contributed by atoms with Gasteiger partial charge in [-0.15, -0.1) is 0 Å². The molecule has 0 fully saturated rings. The second kappa shape index (κ2) is 11.2. The molecule has 0 atom stereocenters. The first kappa shape index (κ1) is 23.2. The van der Waals surface area contributed by atoms with Crippen molar-refractivity contribution in [2.45, 2.75) is 6.54 Å². The lowest BCUT2D eigenvalue weighted by Crippen LogP contribution is -2.38. The van der Waals surface area contributed by atoms with Gasteiger partial charge in [-0.1, -0.05) is 66.2 Å². The van der Waals surface area contributed by atoms with Gasteiger partial charge >= 0.3 is 0 Å². The van der Waals surface area contributed by atoms with Crippen LogP contribution in [0.2, 0.25) is 5.02 Å². The number of halogens is 1. The molecule has 0 aliphatic rings. The van der Waals surface area contributed by atoms with Crippen LogP contribution in [0.15, 0.2) is 78.9 Å². The molecule has 3 aromatic carbocycles. The number of benzene rings is 3. The first-order valence-electron chi connectivity index (χ1n) is 10.3. The maximum atomic E-state index is 12.6. The van der Waals surface area contributed by atoms with E-state index in [0.29, 0.717) is 10.7 Å². The summed E-state index contributed by atoms with van der Waals surface area (Å²) >= 11 is 6.07. The van der Waals surface area contributed by atoms with Crippen molar-refractivity contribution in [1.29, 1.82) is 0 Å². The summed E-state index contributed by atoms with van der Waals surface area (Å²) in [6.07, 6.45) is 0. The molecule has 0 aliphatic carbocycles. The predicted octanol–water partition coefficient (Wildman–Crippen LogP) is 4.49. The zero-order chi connectivity index (χ0) is 22.9. The number of hydrogen-bond donors (Lipinski definition) is 2. The lowest BCUT2D eigenvalue weighted by molar-refractivity contribution is -0.131. The van der Waals surface area contributed by atoms with Crippen LogP contribution in [0.25, 0.3) is 0 Å². The van der Waals surface area contributed by atoms with Crippen LogP contribution < -0.4 is 15.5 Å². The highest BCUT2D eigenvalue weighted by Gasteiger charge is 2.15. The Labute approximate surface area is 193 Å². The van der Waals surface area contributed by atoms with Crippen molar-refractivity contribution >= 4 is 40.5 Å². The van der Waals surface area contributed by atoms with E-state index in [-0.39, 0.29) is 24.9 Å². The highest BCUT2D eigenvalue weighted by Crippen LogP contribution is 2.26. The third kappa shape index (κ3) is 6.49. The third-order valence-corrected chi connectivity index (χ3v) is 5.29. The van der Waals surface area contributed by atoms with Gasteiger partial charge in [0.15, 0.2) is 0 Å². The van der Waals surface area contributed by atoms with Crippen molar-refractivity contribution in [3.63, 3.8) is 0 Å². The molecular weight excluding hydrogens is 424 g/mol. The molecule has 166 valence electrons. The second-order valence-corrected chi connectivity index (χ2v) is 7.90. The summed E-state index contributed by atoms with van der Waals surface area (Å²) in [6, 6.07) is 25.0. The van der Waals surface area contributed by atoms with Gasteiger partial charge in [0.1, 0.15) is 0 Å². The van der Waals surface area contributed by atoms with Crippen molar-refractivity contribution in [2.75, 3.05) is 42.7 Å². The molecule has 0 spiro atoms. The van der Waals surface area contributed by atoms with E-state index in [1.165, 1.54) is 10.5 Å². The zero-order valence-corrected chi connectivity index (χ0v) is 19.0. The number of nitrogens with zero attached hydrogens (tertiary/aromatic N) is 2. The minimum atomic E-state index is -0.308. The molecule has 32 heavy (non-hydrogen) atoms. The summed E-state index contributed by atoms with van der Waals surface area (Å²) in [7, 11) is 3.62. The van der Waals surface area contributed by atoms with Gasteiger partial charge in [-0.05, 0) is 29.8 Å². The Morgan fingerprint density at radius 2 is 1.47 bits per heavy atom. The van der Waals surface area contributed by atoms with Crippen LogP contribution in [0.4, 0.5) is 17.1 Å². The van der Waals surface area contributed by atoms with Crippen molar-refractivity contribution < 1.29 is 9.59 Å². The number of amides is 2. The SMILES string of the molecule is CN(CC(=O)Nc1ccccc1Cl)C(=O)CNc1ccccc1N(C)Cc1ccccc1. The molecule has 2 N–H and O–H groups in total. The smallest absolute Gasteiger partial charge is 0.244 e. The Bertz CT molecular complexity index is 1060. The number of carbonyl (C=O) groups is 2. The van der Waals surface area contributed by atoms with Crippen molar-refractivity contribution in [3.8, 4) is 0 Å². The largest absolute Gasteiger partial charge is 0.374 e. The third-order valence-electron chi connectivity index (χ3n) is 4.96. The van der Waals surface area contributed by atoms with Crippen molar-refractivity contribution in [1.82, 2.24) is 4.90 Å². The number of para-hydroxylation sites is 3. The average Bonchev–Trinajstić information content (AvgIpc) is 2.79. The van der Waals surface area contributed by atoms with E-state index in [1.807, 2.05) is 49.5 Å². The summed E-state index contributed by atoms with van der Waals surface area (Å²) in [5, 5.41) is 6.38. The Morgan fingerprint density at radius 1 is 0.844 bits per heavy atom. The van der Waals surface area contributed by atoms with Gasteiger partial charge in [0.05, 0.1) is 35.2 Å². The van der Waals surface area contributed by atoms with Gasteiger partial charge in [0.25, 0.3) is 0 Å². The molecule has 0 saturated carbocycles. The predicted molar refractivity (Wildman–Crippen MR) is 131 cm³/mol. The van der Waals surface area contributed by atoms with Crippen molar-refractivity contribution in [3.05, 3.63) is 89.4 Å². The number of rotatable bonds is 9. The molecule has 0 aromatic heterocycles. The van der Waals surface area contributed by atoms with Gasteiger partial charge < -0.3 is 20.4 Å². The van der Waals surface area contributed by atoms with Gasteiger partial charge in [-0.3, -0.25) is 9.59 Å². The van der Waals surface area contributed by atoms with Crippen LogP contribution in [0.1, 0.15) is 5.56 Å². The van der Waals surface area contributed by atoms with Crippen LogP contribution in [0.5, 0.6) is 0 Å². The summed E-state index contributed by atoms with van der Waals surface area (Å²) in [5.41, 5.74) is 3.56. The fourth-order valence-corrected chi connectivity index (χ4v) is 3.44. The molecule has 0 saturated heterocycles. The molecule has 3 rings (SSSR count). The fourth-order valence-electron chi connectivity index (χ4n) is 3.26. The highest BCUT2D eigenvalue weighted by atomic mass is 35.5. The molecule has 0 aliphatic heterocycles. The molecule has 0 unspecified atom stereocenters. The molecule has 0 radical (unpaired) electrons. The zero-order valence-electron chi connectivity index (χ0n) is 18.2. The van der Waals surface area contributed by atoms with Crippen LogP contribution in [0, 0.1) is 0 Å². The maximum Gasteiger partial charge on any atom is 0.244 e.